The number of carbonyl (C=O) groups is 1. The first-order valence-corrected chi connectivity index (χ1v) is 13.0. The van der Waals surface area contributed by atoms with Crippen LogP contribution < -0.4 is 5.46 Å². The molecule has 0 radical (unpaired) electrons. The van der Waals surface area contributed by atoms with Crippen molar-refractivity contribution in [2.45, 2.75) is 51.9 Å². The van der Waals surface area contributed by atoms with E-state index in [1.165, 1.54) is 4.90 Å². The van der Waals surface area contributed by atoms with E-state index in [9.17, 15) is 13.2 Å². The van der Waals surface area contributed by atoms with Gasteiger partial charge in [0.15, 0.2) is 9.84 Å². The van der Waals surface area contributed by atoms with E-state index in [1.807, 2.05) is 38.1 Å². The maximum absolute atomic E-state index is 12.8. The lowest BCUT2D eigenvalue weighted by Crippen LogP contribution is -2.48. The normalized spacial score (nSPS) is 21.9. The third kappa shape index (κ3) is 5.15. The first kappa shape index (κ1) is 24.3. The van der Waals surface area contributed by atoms with Gasteiger partial charge in [-0.15, -0.1) is 0 Å². The monoisotopic (exact) mass is 487 g/mol. The second kappa shape index (κ2) is 8.46. The van der Waals surface area contributed by atoms with E-state index in [1.54, 1.807) is 27.0 Å². The number of H-pyrrole nitrogens is 1. The summed E-state index contributed by atoms with van der Waals surface area (Å²) < 4.78 is 41.8. The van der Waals surface area contributed by atoms with Gasteiger partial charge < -0.3 is 19.0 Å². The summed E-state index contributed by atoms with van der Waals surface area (Å²) in [7, 11) is -3.84. The van der Waals surface area contributed by atoms with E-state index in [-0.39, 0.29) is 18.1 Å². The zero-order valence-electron chi connectivity index (χ0n) is 20.1. The second-order valence-corrected chi connectivity index (χ2v) is 12.3. The Hall–Kier alpha value is -2.79. The van der Waals surface area contributed by atoms with Crippen LogP contribution in [0.3, 0.4) is 0 Å². The number of carbonyl (C=O) groups excluding carboxylic acids is 1. The number of rotatable bonds is 3. The average Bonchev–Trinajstić information content (AvgIpc) is 3.31. The van der Waals surface area contributed by atoms with Crippen LogP contribution in [0, 0.1) is 0 Å². The van der Waals surface area contributed by atoms with Crippen molar-refractivity contribution in [1.29, 1.82) is 0 Å². The van der Waals surface area contributed by atoms with Gasteiger partial charge in [-0.3, -0.25) is 4.90 Å². The Kier molecular flexibility index (Phi) is 6.06. The van der Waals surface area contributed by atoms with Crippen molar-refractivity contribution in [3.8, 4) is 11.3 Å². The van der Waals surface area contributed by atoms with Crippen LogP contribution >= 0.6 is 0 Å². The summed E-state index contributed by atoms with van der Waals surface area (Å²) in [5, 5.41) is 0. The molecule has 182 valence electrons. The number of hydrogen-bond acceptors (Lipinski definition) is 7. The van der Waals surface area contributed by atoms with E-state index >= 15 is 0 Å². The fourth-order valence-electron chi connectivity index (χ4n) is 3.81. The molecule has 2 aliphatic heterocycles. The summed E-state index contributed by atoms with van der Waals surface area (Å²) in [6.45, 7) is 13.1. The van der Waals surface area contributed by atoms with Crippen LogP contribution in [-0.2, 0) is 23.9 Å². The molecular formula is C23H30BN3O6S. The summed E-state index contributed by atoms with van der Waals surface area (Å²) in [6.07, 6.45) is 1.07. The molecule has 1 aromatic carbocycles. The number of hydrogen-bond donors (Lipinski definition) is 1. The molecule has 0 bridgehead atoms. The number of benzene rings is 1. The molecule has 9 nitrogen and oxygen atoms in total. The van der Waals surface area contributed by atoms with Gasteiger partial charge in [0.05, 0.1) is 29.2 Å². The van der Waals surface area contributed by atoms with Crippen molar-refractivity contribution in [3.05, 3.63) is 48.6 Å². The summed E-state index contributed by atoms with van der Waals surface area (Å²) in [5.41, 5.74) is 1.15. The van der Waals surface area contributed by atoms with Gasteiger partial charge in [0.25, 0.3) is 0 Å². The number of sulfone groups is 1. The Morgan fingerprint density at radius 1 is 1.29 bits per heavy atom. The number of imidazole rings is 1. The molecule has 4 rings (SSSR count). The van der Waals surface area contributed by atoms with Crippen molar-refractivity contribution >= 4 is 28.5 Å². The maximum Gasteiger partial charge on any atom is 0.563 e. The molecule has 2 saturated heterocycles. The highest BCUT2D eigenvalue weighted by Gasteiger charge is 2.43. The van der Waals surface area contributed by atoms with Crippen LogP contribution in [0.5, 0.6) is 0 Å². The predicted molar refractivity (Wildman–Crippen MR) is 129 cm³/mol. The van der Waals surface area contributed by atoms with Crippen molar-refractivity contribution in [2.75, 3.05) is 18.1 Å². The molecule has 2 aromatic rings. The number of amides is 1. The van der Waals surface area contributed by atoms with Crippen LogP contribution in [0.25, 0.3) is 11.3 Å². The van der Waals surface area contributed by atoms with Gasteiger partial charge in [0, 0.05) is 6.54 Å². The van der Waals surface area contributed by atoms with Crippen molar-refractivity contribution in [3.63, 3.8) is 0 Å². The molecule has 2 aliphatic rings. The zero-order valence-corrected chi connectivity index (χ0v) is 20.9. The Bertz CT molecular complexity index is 1200. The van der Waals surface area contributed by atoms with Crippen LogP contribution in [0.2, 0.25) is 0 Å². The second-order valence-electron chi connectivity index (χ2n) is 10.1. The number of aromatic nitrogens is 2. The quantitative estimate of drug-likeness (QED) is 0.663. The molecule has 2 fully saturated rings. The Labute approximate surface area is 200 Å². The third-order valence-electron chi connectivity index (χ3n) is 5.79. The van der Waals surface area contributed by atoms with Gasteiger partial charge in [-0.1, -0.05) is 30.8 Å². The van der Waals surface area contributed by atoms with Crippen molar-refractivity contribution < 1.29 is 27.3 Å². The minimum absolute atomic E-state index is 0.0513. The van der Waals surface area contributed by atoms with E-state index in [0.29, 0.717) is 17.3 Å². The molecule has 1 aromatic heterocycles. The lowest BCUT2D eigenvalue weighted by atomic mass is 9.79. The third-order valence-corrected chi connectivity index (χ3v) is 7.41. The van der Waals surface area contributed by atoms with E-state index in [4.69, 9.17) is 14.0 Å². The SMILES string of the molecule is C=C1OB(c2ccc(-c3cnc(C4CS(=O)(=O)CCN4C(=O)OC(C)(C)C)[nH]3)cc2)OC1(C)C. The molecule has 3 heterocycles. The largest absolute Gasteiger partial charge is 0.563 e. The highest BCUT2D eigenvalue weighted by molar-refractivity contribution is 7.91. The van der Waals surface area contributed by atoms with Crippen LogP contribution in [0.4, 0.5) is 4.79 Å². The van der Waals surface area contributed by atoms with Gasteiger partial charge in [-0.2, -0.15) is 0 Å². The lowest BCUT2D eigenvalue weighted by molar-refractivity contribution is 0.0174. The van der Waals surface area contributed by atoms with Gasteiger partial charge >= 0.3 is 13.2 Å². The molecule has 0 saturated carbocycles. The molecular weight excluding hydrogens is 457 g/mol. The van der Waals surface area contributed by atoms with Gasteiger partial charge in [-0.25, -0.2) is 18.2 Å². The fraction of sp³-hybridized carbons (Fsp3) is 0.478. The molecule has 1 amide bonds. The van der Waals surface area contributed by atoms with E-state index < -0.39 is 40.3 Å². The van der Waals surface area contributed by atoms with Crippen LogP contribution in [0.1, 0.15) is 46.5 Å². The van der Waals surface area contributed by atoms with E-state index in [2.05, 4.69) is 16.5 Å². The van der Waals surface area contributed by atoms with Crippen LogP contribution in [0.15, 0.2) is 42.8 Å². The molecule has 0 spiro atoms. The number of nitrogens with one attached hydrogen (secondary N) is 1. The average molecular weight is 487 g/mol. The zero-order chi connectivity index (χ0) is 24.9. The Morgan fingerprint density at radius 3 is 2.56 bits per heavy atom. The molecule has 1 atom stereocenters. The first-order valence-electron chi connectivity index (χ1n) is 11.1. The molecule has 1 unspecified atom stereocenters. The number of nitrogens with zero attached hydrogens (tertiary/aromatic N) is 2. The van der Waals surface area contributed by atoms with Crippen LogP contribution in [-0.4, -0.2) is 65.7 Å². The minimum atomic E-state index is -3.32. The molecule has 34 heavy (non-hydrogen) atoms. The Morgan fingerprint density at radius 2 is 1.97 bits per heavy atom. The van der Waals surface area contributed by atoms with Crippen molar-refractivity contribution in [1.82, 2.24) is 14.9 Å². The number of ether oxygens (including phenoxy) is 1. The molecule has 1 N–H and O–H groups in total. The number of aromatic amines is 1. The summed E-state index contributed by atoms with van der Waals surface area (Å²) in [4.78, 5) is 21.8. The lowest BCUT2D eigenvalue weighted by Gasteiger charge is -2.35. The fourth-order valence-corrected chi connectivity index (χ4v) is 5.27. The Balaban J connectivity index is 1.55. The predicted octanol–water partition coefficient (Wildman–Crippen LogP) is 2.82. The topological polar surface area (TPSA) is 111 Å². The minimum Gasteiger partial charge on any atom is -0.534 e. The van der Waals surface area contributed by atoms with Crippen molar-refractivity contribution in [2.24, 2.45) is 0 Å². The van der Waals surface area contributed by atoms with Gasteiger partial charge in [0.2, 0.25) is 0 Å². The summed E-state index contributed by atoms with van der Waals surface area (Å²) in [5.74, 6) is 0.658. The summed E-state index contributed by atoms with van der Waals surface area (Å²) >= 11 is 0. The maximum atomic E-state index is 12.8. The molecule has 11 heteroatoms. The van der Waals surface area contributed by atoms with Gasteiger partial charge in [-0.05, 0) is 45.6 Å². The van der Waals surface area contributed by atoms with E-state index in [0.717, 1.165) is 11.0 Å². The highest BCUT2D eigenvalue weighted by Crippen LogP contribution is 2.30. The highest BCUT2D eigenvalue weighted by atomic mass is 32.2. The summed E-state index contributed by atoms with van der Waals surface area (Å²) in [6, 6.07) is 6.84. The molecule has 0 aliphatic carbocycles. The standard InChI is InChI=1S/C23H30BN3O6S/c1-15-23(5,6)33-24(32-15)17-9-7-16(8-10-17)18-13-25-20(26-18)19-14-34(29,30)12-11-27(19)21(28)31-22(2,3)4/h7-10,13,19H,1,11-12,14H2,2-6H3,(H,25,26). The smallest absolute Gasteiger partial charge is 0.534 e. The first-order chi connectivity index (χ1) is 15.7. The van der Waals surface area contributed by atoms with Gasteiger partial charge in [0.1, 0.15) is 23.1 Å².